The molecule has 0 unspecified atom stereocenters. The van der Waals surface area contributed by atoms with E-state index in [0.717, 1.165) is 29.1 Å². The van der Waals surface area contributed by atoms with Crippen molar-refractivity contribution in [3.8, 4) is 0 Å². The number of hydrogen-bond donors (Lipinski definition) is 2. The fourth-order valence-electron chi connectivity index (χ4n) is 3.89. The Balaban J connectivity index is 1.46. The highest BCUT2D eigenvalue weighted by atomic mass is 32.1. The Bertz CT molecular complexity index is 1020. The average Bonchev–Trinajstić information content (AvgIpc) is 2.99. The van der Waals surface area contributed by atoms with Crippen LogP contribution in [-0.2, 0) is 19.3 Å². The molecule has 2 atom stereocenters. The van der Waals surface area contributed by atoms with Crippen LogP contribution in [0.2, 0.25) is 0 Å². The summed E-state index contributed by atoms with van der Waals surface area (Å²) in [6.07, 6.45) is 3.91. The molecule has 0 spiro atoms. The first-order valence-corrected chi connectivity index (χ1v) is 10.5. The van der Waals surface area contributed by atoms with Crippen molar-refractivity contribution in [3.63, 3.8) is 0 Å². The number of rotatable bonds is 5. The quantitative estimate of drug-likeness (QED) is 0.656. The van der Waals surface area contributed by atoms with Gasteiger partial charge in [0.15, 0.2) is 0 Å². The van der Waals surface area contributed by atoms with E-state index in [0.29, 0.717) is 36.1 Å². The normalized spacial score (nSPS) is 17.6. The summed E-state index contributed by atoms with van der Waals surface area (Å²) in [5.74, 6) is 0.839. The second-order valence-corrected chi connectivity index (χ2v) is 8.73. The van der Waals surface area contributed by atoms with Crippen LogP contribution in [0.3, 0.4) is 0 Å². The maximum atomic E-state index is 13.9. The first kappa shape index (κ1) is 19.2. The van der Waals surface area contributed by atoms with Crippen LogP contribution in [0.4, 0.5) is 14.6 Å². The highest BCUT2D eigenvalue weighted by Crippen LogP contribution is 2.39. The summed E-state index contributed by atoms with van der Waals surface area (Å²) < 4.78 is 27.0. The molecule has 3 aromatic rings. The lowest BCUT2D eigenvalue weighted by Crippen LogP contribution is -2.23. The van der Waals surface area contributed by atoms with Crippen LogP contribution in [0.15, 0.2) is 18.2 Å². The molecule has 7 heteroatoms. The van der Waals surface area contributed by atoms with Crippen LogP contribution in [0.1, 0.15) is 48.1 Å². The van der Waals surface area contributed by atoms with E-state index < -0.39 is 11.6 Å². The second kappa shape index (κ2) is 7.72. The minimum absolute atomic E-state index is 0.239. The van der Waals surface area contributed by atoms with Gasteiger partial charge in [-0.05, 0) is 43.7 Å². The van der Waals surface area contributed by atoms with Crippen molar-refractivity contribution in [3.05, 3.63) is 51.7 Å². The molecule has 1 aliphatic rings. The van der Waals surface area contributed by atoms with E-state index in [1.54, 1.807) is 11.3 Å². The van der Waals surface area contributed by atoms with E-state index in [9.17, 15) is 8.78 Å². The molecule has 0 amide bonds. The van der Waals surface area contributed by atoms with Crippen LogP contribution in [0.5, 0.6) is 0 Å². The molecule has 0 radical (unpaired) electrons. The van der Waals surface area contributed by atoms with Gasteiger partial charge < -0.3 is 11.1 Å². The number of nitrogens with two attached hydrogens (primary N) is 1. The monoisotopic (exact) mass is 402 g/mol. The van der Waals surface area contributed by atoms with Gasteiger partial charge in [0.25, 0.3) is 0 Å². The van der Waals surface area contributed by atoms with Crippen molar-refractivity contribution < 1.29 is 8.78 Å². The Hall–Kier alpha value is -2.12. The Kier molecular flexibility index (Phi) is 5.29. The van der Waals surface area contributed by atoms with Crippen molar-refractivity contribution in [2.45, 2.75) is 45.6 Å². The molecule has 0 aliphatic heterocycles. The van der Waals surface area contributed by atoms with Gasteiger partial charge in [-0.15, -0.1) is 11.3 Å². The van der Waals surface area contributed by atoms with E-state index >= 15 is 0 Å². The molecule has 4 rings (SSSR count). The molecule has 4 nitrogen and oxygen atoms in total. The number of aromatic nitrogens is 2. The molecular weight excluding hydrogens is 378 g/mol. The smallest absolute Gasteiger partial charge is 0.136 e. The van der Waals surface area contributed by atoms with Crippen LogP contribution in [-0.4, -0.2) is 16.5 Å². The van der Waals surface area contributed by atoms with Crippen LogP contribution >= 0.6 is 11.3 Å². The van der Waals surface area contributed by atoms with Gasteiger partial charge in [-0.3, -0.25) is 0 Å². The molecule has 2 heterocycles. The van der Waals surface area contributed by atoms with E-state index in [4.69, 9.17) is 10.7 Å². The third-order valence-electron chi connectivity index (χ3n) is 5.46. The topological polar surface area (TPSA) is 63.8 Å². The molecule has 0 saturated carbocycles. The molecule has 0 saturated heterocycles. The molecular formula is C21H24F2N4S. The highest BCUT2D eigenvalue weighted by molar-refractivity contribution is 7.19. The van der Waals surface area contributed by atoms with Gasteiger partial charge in [0.05, 0.1) is 5.39 Å². The van der Waals surface area contributed by atoms with Crippen molar-refractivity contribution in [2.75, 3.05) is 12.3 Å². The van der Waals surface area contributed by atoms with Gasteiger partial charge in [-0.1, -0.05) is 13.0 Å². The van der Waals surface area contributed by atoms with Gasteiger partial charge in [0.2, 0.25) is 0 Å². The number of fused-ring (bicyclic) bond motifs is 3. The summed E-state index contributed by atoms with van der Waals surface area (Å²) in [5.41, 5.74) is 8.04. The second-order valence-electron chi connectivity index (χ2n) is 7.65. The first-order valence-electron chi connectivity index (χ1n) is 9.67. The maximum Gasteiger partial charge on any atom is 0.136 e. The van der Waals surface area contributed by atoms with Gasteiger partial charge in [0.1, 0.15) is 28.1 Å². The molecule has 0 bridgehead atoms. The van der Waals surface area contributed by atoms with Gasteiger partial charge >= 0.3 is 0 Å². The van der Waals surface area contributed by atoms with Crippen molar-refractivity contribution >= 4 is 27.4 Å². The number of thiophene rings is 1. The molecule has 2 aromatic heterocycles. The highest BCUT2D eigenvalue weighted by Gasteiger charge is 2.23. The van der Waals surface area contributed by atoms with Crippen molar-refractivity contribution in [1.82, 2.24) is 15.3 Å². The van der Waals surface area contributed by atoms with Crippen molar-refractivity contribution in [2.24, 2.45) is 5.92 Å². The summed E-state index contributed by atoms with van der Waals surface area (Å²) in [4.78, 5) is 11.6. The standard InChI is InChI=1S/C21H24F2N4S/c1-11-3-5-15-17(9-11)28-21-19(15)20(24)26-18(27-21)7-8-25-12(2)14-6-4-13(22)10-16(14)23/h4,6,10-12,25H,3,5,7-9H2,1-2H3,(H2,24,26,27)/t11-,12+/m0/s1. The predicted octanol–water partition coefficient (Wildman–Crippen LogP) is 4.57. The minimum atomic E-state index is -0.571. The zero-order chi connectivity index (χ0) is 19.8. The van der Waals surface area contributed by atoms with Gasteiger partial charge in [-0.2, -0.15) is 0 Å². The SMILES string of the molecule is C[C@H]1CCc2c(sc3nc(CCN[C@H](C)c4ccc(F)cc4F)nc(N)c23)C1. The molecule has 1 aromatic carbocycles. The summed E-state index contributed by atoms with van der Waals surface area (Å²) in [5, 5.41) is 4.28. The minimum Gasteiger partial charge on any atom is -0.383 e. The summed E-state index contributed by atoms with van der Waals surface area (Å²) in [6.45, 7) is 4.71. The number of aryl methyl sites for hydroxylation is 1. The van der Waals surface area contributed by atoms with Crippen LogP contribution in [0, 0.1) is 17.6 Å². The number of nitrogens with zero attached hydrogens (tertiary/aromatic N) is 2. The number of nitrogens with one attached hydrogen (secondary N) is 1. The number of hydrogen-bond acceptors (Lipinski definition) is 5. The Morgan fingerprint density at radius 1 is 1.32 bits per heavy atom. The molecule has 148 valence electrons. The Morgan fingerprint density at radius 2 is 2.14 bits per heavy atom. The van der Waals surface area contributed by atoms with Crippen LogP contribution in [0.25, 0.3) is 10.2 Å². The third-order valence-corrected chi connectivity index (χ3v) is 6.61. The largest absolute Gasteiger partial charge is 0.383 e. The van der Waals surface area contributed by atoms with Crippen molar-refractivity contribution in [1.29, 1.82) is 0 Å². The Labute approximate surface area is 167 Å². The van der Waals surface area contributed by atoms with E-state index in [1.807, 2.05) is 6.92 Å². The fourth-order valence-corrected chi connectivity index (χ4v) is 5.30. The number of anilines is 1. The lowest BCUT2D eigenvalue weighted by molar-refractivity contribution is 0.509. The lowest BCUT2D eigenvalue weighted by Gasteiger charge is -2.17. The predicted molar refractivity (Wildman–Crippen MR) is 109 cm³/mol. The summed E-state index contributed by atoms with van der Waals surface area (Å²) in [7, 11) is 0. The molecule has 1 aliphatic carbocycles. The zero-order valence-corrected chi connectivity index (χ0v) is 16.9. The molecule has 28 heavy (non-hydrogen) atoms. The third kappa shape index (κ3) is 3.73. The number of benzene rings is 1. The summed E-state index contributed by atoms with van der Waals surface area (Å²) >= 11 is 1.74. The number of nitrogen functional groups attached to an aromatic ring is 1. The maximum absolute atomic E-state index is 13.9. The Morgan fingerprint density at radius 3 is 2.93 bits per heavy atom. The van der Waals surface area contributed by atoms with Gasteiger partial charge in [0, 0.05) is 35.5 Å². The first-order chi connectivity index (χ1) is 13.4. The lowest BCUT2D eigenvalue weighted by atomic mass is 9.89. The average molecular weight is 403 g/mol. The fraction of sp³-hybridized carbons (Fsp3) is 0.429. The molecule has 3 N–H and O–H groups in total. The van der Waals surface area contributed by atoms with E-state index in [-0.39, 0.29) is 6.04 Å². The molecule has 0 fully saturated rings. The van der Waals surface area contributed by atoms with E-state index in [2.05, 4.69) is 17.2 Å². The number of halogens is 2. The van der Waals surface area contributed by atoms with Crippen LogP contribution < -0.4 is 11.1 Å². The summed E-state index contributed by atoms with van der Waals surface area (Å²) in [6, 6.07) is 3.41. The zero-order valence-electron chi connectivity index (χ0n) is 16.1. The van der Waals surface area contributed by atoms with Gasteiger partial charge in [-0.25, -0.2) is 18.7 Å². The van der Waals surface area contributed by atoms with E-state index in [1.165, 1.54) is 29.0 Å².